The fourth-order valence-corrected chi connectivity index (χ4v) is 1.24. The van der Waals surface area contributed by atoms with Gasteiger partial charge in [-0.25, -0.2) is 0 Å². The molecule has 0 aliphatic rings. The Morgan fingerprint density at radius 3 is 2.80 bits per heavy atom. The topological polar surface area (TPSA) is 29.5 Å². The van der Waals surface area contributed by atoms with E-state index < -0.39 is 6.61 Å². The minimum atomic E-state index is -2.84. The fraction of sp³-hybridized carbons (Fsp3) is 0.273. The molecular formula is C11H12F2O2. The van der Waals surface area contributed by atoms with E-state index in [2.05, 4.69) is 4.74 Å². The van der Waals surface area contributed by atoms with Gasteiger partial charge in [-0.05, 0) is 12.5 Å². The molecule has 0 unspecified atom stereocenters. The van der Waals surface area contributed by atoms with Crippen LogP contribution in [0.5, 0.6) is 5.75 Å². The maximum atomic E-state index is 12.1. The summed E-state index contributed by atoms with van der Waals surface area (Å²) in [7, 11) is 0. The van der Waals surface area contributed by atoms with E-state index in [9.17, 15) is 8.78 Å². The number of ether oxygens (including phenoxy) is 1. The Bertz CT molecular complexity index is 348. The molecule has 1 N–H and O–H groups in total. The lowest BCUT2D eigenvalue weighted by Crippen LogP contribution is -2.04. The van der Waals surface area contributed by atoms with Gasteiger partial charge in [0, 0.05) is 5.56 Å². The molecule has 82 valence electrons. The number of para-hydroxylation sites is 1. The second kappa shape index (κ2) is 5.46. The smallest absolute Gasteiger partial charge is 0.387 e. The van der Waals surface area contributed by atoms with Gasteiger partial charge >= 0.3 is 6.61 Å². The van der Waals surface area contributed by atoms with E-state index in [1.165, 1.54) is 6.08 Å². The Morgan fingerprint density at radius 1 is 1.47 bits per heavy atom. The first-order valence-corrected chi connectivity index (χ1v) is 4.47. The van der Waals surface area contributed by atoms with Crippen LogP contribution in [0.3, 0.4) is 0 Å². The van der Waals surface area contributed by atoms with Crippen molar-refractivity contribution in [2.75, 3.05) is 6.61 Å². The van der Waals surface area contributed by atoms with Crippen molar-refractivity contribution in [3.63, 3.8) is 0 Å². The van der Waals surface area contributed by atoms with Crippen LogP contribution < -0.4 is 4.74 Å². The van der Waals surface area contributed by atoms with Crippen LogP contribution in [0.25, 0.3) is 6.08 Å². The van der Waals surface area contributed by atoms with Gasteiger partial charge in [0.05, 0.1) is 6.61 Å². The summed E-state index contributed by atoms with van der Waals surface area (Å²) in [6, 6.07) is 5.08. The Kier molecular flexibility index (Phi) is 4.24. The molecule has 0 radical (unpaired) electrons. The molecule has 0 aromatic heterocycles. The third-order valence-electron chi connectivity index (χ3n) is 1.85. The number of aliphatic hydroxyl groups excluding tert-OH is 1. The van der Waals surface area contributed by atoms with Gasteiger partial charge in [0.1, 0.15) is 5.75 Å². The van der Waals surface area contributed by atoms with E-state index in [-0.39, 0.29) is 12.4 Å². The summed E-state index contributed by atoms with van der Waals surface area (Å²) >= 11 is 0. The number of hydrogen-bond acceptors (Lipinski definition) is 2. The lowest BCUT2D eigenvalue weighted by atomic mass is 10.1. The third kappa shape index (κ3) is 3.32. The molecule has 0 saturated carbocycles. The predicted octanol–water partition coefficient (Wildman–Crippen LogP) is 2.60. The average molecular weight is 214 g/mol. The van der Waals surface area contributed by atoms with E-state index in [1.807, 2.05) is 0 Å². The number of aliphatic hydroxyl groups is 1. The van der Waals surface area contributed by atoms with Crippen LogP contribution in [0.1, 0.15) is 11.1 Å². The molecule has 0 aliphatic heterocycles. The highest BCUT2D eigenvalue weighted by Gasteiger charge is 2.10. The molecule has 0 atom stereocenters. The molecule has 1 rings (SSSR count). The van der Waals surface area contributed by atoms with E-state index >= 15 is 0 Å². The van der Waals surface area contributed by atoms with Crippen LogP contribution in [-0.4, -0.2) is 18.3 Å². The van der Waals surface area contributed by atoms with Crippen molar-refractivity contribution >= 4 is 6.08 Å². The maximum Gasteiger partial charge on any atom is 0.387 e. The summed E-state index contributed by atoms with van der Waals surface area (Å²) in [5.41, 5.74) is 1.17. The highest BCUT2D eigenvalue weighted by Crippen LogP contribution is 2.26. The molecule has 15 heavy (non-hydrogen) atoms. The Balaban J connectivity index is 3.02. The van der Waals surface area contributed by atoms with Crippen molar-refractivity contribution in [1.29, 1.82) is 0 Å². The molecule has 0 bridgehead atoms. The summed E-state index contributed by atoms with van der Waals surface area (Å²) in [4.78, 5) is 0. The number of benzene rings is 1. The van der Waals surface area contributed by atoms with Crippen LogP contribution in [-0.2, 0) is 0 Å². The zero-order valence-electron chi connectivity index (χ0n) is 8.28. The fourth-order valence-electron chi connectivity index (χ4n) is 1.24. The molecule has 0 amide bonds. The zero-order valence-corrected chi connectivity index (χ0v) is 8.28. The van der Waals surface area contributed by atoms with Gasteiger partial charge in [-0.15, -0.1) is 0 Å². The molecule has 0 heterocycles. The quantitative estimate of drug-likeness (QED) is 0.834. The second-order valence-electron chi connectivity index (χ2n) is 2.96. The van der Waals surface area contributed by atoms with E-state index in [4.69, 9.17) is 5.11 Å². The van der Waals surface area contributed by atoms with Crippen LogP contribution in [0.4, 0.5) is 8.78 Å². The molecule has 0 spiro atoms. The monoisotopic (exact) mass is 214 g/mol. The van der Waals surface area contributed by atoms with Gasteiger partial charge in [0.25, 0.3) is 0 Å². The number of alkyl halides is 2. The van der Waals surface area contributed by atoms with Gasteiger partial charge in [-0.1, -0.05) is 30.4 Å². The lowest BCUT2D eigenvalue weighted by molar-refractivity contribution is -0.0504. The van der Waals surface area contributed by atoms with E-state index in [1.54, 1.807) is 31.2 Å². The minimum absolute atomic E-state index is 0.137. The first kappa shape index (κ1) is 11.7. The highest BCUT2D eigenvalue weighted by molar-refractivity contribution is 5.59. The van der Waals surface area contributed by atoms with Crippen LogP contribution >= 0.6 is 0 Å². The van der Waals surface area contributed by atoms with Gasteiger partial charge in [-0.2, -0.15) is 8.78 Å². The molecule has 0 saturated heterocycles. The van der Waals surface area contributed by atoms with Crippen LogP contribution in [0.15, 0.2) is 24.3 Å². The van der Waals surface area contributed by atoms with E-state index in [0.717, 1.165) is 0 Å². The molecule has 0 aliphatic carbocycles. The van der Waals surface area contributed by atoms with Gasteiger partial charge < -0.3 is 9.84 Å². The second-order valence-corrected chi connectivity index (χ2v) is 2.96. The lowest BCUT2D eigenvalue weighted by Gasteiger charge is -2.10. The predicted molar refractivity (Wildman–Crippen MR) is 53.9 cm³/mol. The molecule has 1 aromatic carbocycles. The van der Waals surface area contributed by atoms with Gasteiger partial charge in [0.2, 0.25) is 0 Å². The van der Waals surface area contributed by atoms with Gasteiger partial charge in [-0.3, -0.25) is 0 Å². The SMILES string of the molecule is Cc1cccc(/C=C/CO)c1OC(F)F. The first-order chi connectivity index (χ1) is 7.15. The normalized spacial score (nSPS) is 11.3. The Labute approximate surface area is 86.8 Å². The van der Waals surface area contributed by atoms with Crippen molar-refractivity contribution in [2.45, 2.75) is 13.5 Å². The number of rotatable bonds is 4. The minimum Gasteiger partial charge on any atom is -0.434 e. The van der Waals surface area contributed by atoms with Crippen LogP contribution in [0, 0.1) is 6.92 Å². The van der Waals surface area contributed by atoms with Crippen molar-refractivity contribution in [1.82, 2.24) is 0 Å². The molecule has 4 heteroatoms. The van der Waals surface area contributed by atoms with Gasteiger partial charge in [0.15, 0.2) is 0 Å². The summed E-state index contributed by atoms with van der Waals surface area (Å²) in [5.74, 6) is 0.150. The number of halogens is 2. The average Bonchev–Trinajstić information content (AvgIpc) is 2.18. The molecule has 1 aromatic rings. The Morgan fingerprint density at radius 2 is 2.20 bits per heavy atom. The zero-order chi connectivity index (χ0) is 11.3. The first-order valence-electron chi connectivity index (χ1n) is 4.47. The van der Waals surface area contributed by atoms with Crippen molar-refractivity contribution < 1.29 is 18.6 Å². The maximum absolute atomic E-state index is 12.1. The summed E-state index contributed by atoms with van der Waals surface area (Å²) in [5, 5.41) is 8.59. The summed E-state index contributed by atoms with van der Waals surface area (Å²) in [6.45, 7) is -1.29. The van der Waals surface area contributed by atoms with Crippen molar-refractivity contribution in [3.8, 4) is 5.75 Å². The number of hydrogen-bond donors (Lipinski definition) is 1. The van der Waals surface area contributed by atoms with Crippen LogP contribution in [0.2, 0.25) is 0 Å². The standard InChI is InChI=1S/C11H12F2O2/c1-8-4-2-5-9(6-3-7-14)10(8)15-11(12)13/h2-6,11,14H,7H2,1H3/b6-3+. The molecule has 2 nitrogen and oxygen atoms in total. The van der Waals surface area contributed by atoms with Crippen molar-refractivity contribution in [3.05, 3.63) is 35.4 Å². The number of aryl methyl sites for hydroxylation is 1. The van der Waals surface area contributed by atoms with Crippen molar-refractivity contribution in [2.24, 2.45) is 0 Å². The summed E-state index contributed by atoms with van der Waals surface area (Å²) in [6.07, 6.45) is 3.01. The van der Waals surface area contributed by atoms with E-state index in [0.29, 0.717) is 11.1 Å². The Hall–Kier alpha value is -1.42. The highest BCUT2D eigenvalue weighted by atomic mass is 19.3. The summed E-state index contributed by atoms with van der Waals surface area (Å²) < 4.78 is 28.6. The largest absolute Gasteiger partial charge is 0.434 e. The molecule has 0 fully saturated rings. The third-order valence-corrected chi connectivity index (χ3v) is 1.85. The molecular weight excluding hydrogens is 202 g/mol.